The predicted octanol–water partition coefficient (Wildman–Crippen LogP) is 1.22. The zero-order valence-corrected chi connectivity index (χ0v) is 9.47. The molecule has 2 N–H and O–H groups in total. The molecule has 0 saturated heterocycles. The third kappa shape index (κ3) is 4.25. The van der Waals surface area contributed by atoms with Crippen LogP contribution in [0.3, 0.4) is 0 Å². The number of nitrogens with one attached hydrogen (secondary N) is 2. The SMILES string of the molecule is CCCCc1nc(CNCC)cc(=O)[nH]1. The number of H-pyrrole nitrogens is 1. The van der Waals surface area contributed by atoms with E-state index in [4.69, 9.17) is 0 Å². The van der Waals surface area contributed by atoms with Gasteiger partial charge in [-0.25, -0.2) is 4.98 Å². The Bertz CT molecular complexity index is 317. The smallest absolute Gasteiger partial charge is 0.251 e. The first kappa shape index (κ1) is 11.9. The number of aryl methyl sites for hydroxylation is 1. The van der Waals surface area contributed by atoms with Crippen molar-refractivity contribution in [1.82, 2.24) is 15.3 Å². The normalized spacial score (nSPS) is 10.5. The van der Waals surface area contributed by atoms with Crippen molar-refractivity contribution in [1.29, 1.82) is 0 Å². The largest absolute Gasteiger partial charge is 0.311 e. The van der Waals surface area contributed by atoms with E-state index in [1.807, 2.05) is 6.92 Å². The van der Waals surface area contributed by atoms with Gasteiger partial charge in [0.25, 0.3) is 5.56 Å². The molecular weight excluding hydrogens is 190 g/mol. The highest BCUT2D eigenvalue weighted by Crippen LogP contribution is 1.98. The number of unbranched alkanes of at least 4 members (excludes halogenated alkanes) is 1. The Kier molecular flexibility index (Phi) is 5.04. The summed E-state index contributed by atoms with van der Waals surface area (Å²) in [5.41, 5.74) is 0.774. The van der Waals surface area contributed by atoms with E-state index in [0.717, 1.165) is 37.3 Å². The highest BCUT2D eigenvalue weighted by atomic mass is 16.1. The van der Waals surface area contributed by atoms with Crippen LogP contribution in [-0.4, -0.2) is 16.5 Å². The molecule has 0 fully saturated rings. The van der Waals surface area contributed by atoms with Crippen LogP contribution in [-0.2, 0) is 13.0 Å². The van der Waals surface area contributed by atoms with E-state index in [1.54, 1.807) is 6.07 Å². The minimum absolute atomic E-state index is 0.0518. The summed E-state index contributed by atoms with van der Waals surface area (Å²) in [6.07, 6.45) is 3.03. The highest BCUT2D eigenvalue weighted by Gasteiger charge is 2.00. The number of hydrogen-bond acceptors (Lipinski definition) is 3. The Morgan fingerprint density at radius 1 is 1.47 bits per heavy atom. The number of aromatic nitrogens is 2. The highest BCUT2D eigenvalue weighted by molar-refractivity contribution is 5.02. The molecule has 84 valence electrons. The van der Waals surface area contributed by atoms with E-state index in [-0.39, 0.29) is 5.56 Å². The predicted molar refractivity (Wildman–Crippen MR) is 60.9 cm³/mol. The molecule has 4 heteroatoms. The van der Waals surface area contributed by atoms with Gasteiger partial charge in [0.15, 0.2) is 0 Å². The summed E-state index contributed by atoms with van der Waals surface area (Å²) in [6.45, 7) is 5.71. The van der Waals surface area contributed by atoms with Crippen molar-refractivity contribution >= 4 is 0 Å². The van der Waals surface area contributed by atoms with Gasteiger partial charge in [-0.05, 0) is 13.0 Å². The van der Waals surface area contributed by atoms with Crippen molar-refractivity contribution < 1.29 is 0 Å². The third-order valence-electron chi connectivity index (χ3n) is 2.17. The molecule has 1 aromatic heterocycles. The first-order valence-corrected chi connectivity index (χ1v) is 5.56. The molecule has 0 bridgehead atoms. The lowest BCUT2D eigenvalue weighted by Gasteiger charge is -2.03. The van der Waals surface area contributed by atoms with Crippen LogP contribution in [0.2, 0.25) is 0 Å². The van der Waals surface area contributed by atoms with Crippen LogP contribution in [0.25, 0.3) is 0 Å². The van der Waals surface area contributed by atoms with Crippen molar-refractivity contribution in [2.45, 2.75) is 39.7 Å². The second-order valence-corrected chi connectivity index (χ2v) is 3.57. The molecule has 0 spiro atoms. The summed E-state index contributed by atoms with van der Waals surface area (Å²) in [5.74, 6) is 0.803. The van der Waals surface area contributed by atoms with Crippen molar-refractivity contribution in [2.24, 2.45) is 0 Å². The minimum atomic E-state index is -0.0518. The molecule has 0 atom stereocenters. The Hall–Kier alpha value is -1.16. The molecule has 1 rings (SSSR count). The molecule has 1 aromatic rings. The van der Waals surface area contributed by atoms with Crippen LogP contribution < -0.4 is 10.9 Å². The molecule has 15 heavy (non-hydrogen) atoms. The molecule has 0 aromatic carbocycles. The fourth-order valence-corrected chi connectivity index (χ4v) is 1.37. The van der Waals surface area contributed by atoms with Crippen LogP contribution in [0.1, 0.15) is 38.2 Å². The van der Waals surface area contributed by atoms with Gasteiger partial charge in [-0.15, -0.1) is 0 Å². The standard InChI is InChI=1S/C11H19N3O/c1-3-5-6-10-13-9(8-12-4-2)7-11(15)14-10/h7,12H,3-6,8H2,1-2H3,(H,13,14,15). The first-order valence-electron chi connectivity index (χ1n) is 5.56. The summed E-state index contributed by atoms with van der Waals surface area (Å²) in [4.78, 5) is 18.5. The van der Waals surface area contributed by atoms with E-state index >= 15 is 0 Å². The quantitative estimate of drug-likeness (QED) is 0.740. The lowest BCUT2D eigenvalue weighted by molar-refractivity contribution is 0.686. The van der Waals surface area contributed by atoms with Gasteiger partial charge in [0, 0.05) is 19.0 Å². The van der Waals surface area contributed by atoms with E-state index in [9.17, 15) is 4.79 Å². The molecule has 0 aliphatic carbocycles. The van der Waals surface area contributed by atoms with Crippen LogP contribution in [0.15, 0.2) is 10.9 Å². The minimum Gasteiger partial charge on any atom is -0.311 e. The van der Waals surface area contributed by atoms with E-state index < -0.39 is 0 Å². The zero-order valence-electron chi connectivity index (χ0n) is 9.47. The lowest BCUT2D eigenvalue weighted by Crippen LogP contribution is -2.18. The molecule has 0 unspecified atom stereocenters. The van der Waals surface area contributed by atoms with Crippen LogP contribution in [0.5, 0.6) is 0 Å². The Morgan fingerprint density at radius 3 is 2.93 bits per heavy atom. The Labute approximate surface area is 90.1 Å². The third-order valence-corrected chi connectivity index (χ3v) is 2.17. The molecule has 0 aliphatic rings. The van der Waals surface area contributed by atoms with Gasteiger partial charge < -0.3 is 10.3 Å². The zero-order chi connectivity index (χ0) is 11.1. The van der Waals surface area contributed by atoms with E-state index in [0.29, 0.717) is 6.54 Å². The van der Waals surface area contributed by atoms with Crippen molar-refractivity contribution in [3.63, 3.8) is 0 Å². The summed E-state index contributed by atoms with van der Waals surface area (Å²) < 4.78 is 0. The fraction of sp³-hybridized carbons (Fsp3) is 0.636. The van der Waals surface area contributed by atoms with Gasteiger partial charge in [-0.2, -0.15) is 0 Å². The number of rotatable bonds is 6. The molecule has 0 aliphatic heterocycles. The van der Waals surface area contributed by atoms with Gasteiger partial charge in [0.2, 0.25) is 0 Å². The summed E-state index contributed by atoms with van der Waals surface area (Å²) in [7, 11) is 0. The summed E-state index contributed by atoms with van der Waals surface area (Å²) in [6, 6.07) is 1.55. The van der Waals surface area contributed by atoms with Crippen LogP contribution in [0.4, 0.5) is 0 Å². The van der Waals surface area contributed by atoms with Crippen molar-refractivity contribution in [2.75, 3.05) is 6.54 Å². The molecule has 4 nitrogen and oxygen atoms in total. The van der Waals surface area contributed by atoms with Crippen molar-refractivity contribution in [3.05, 3.63) is 27.9 Å². The van der Waals surface area contributed by atoms with Gasteiger partial charge in [-0.3, -0.25) is 4.79 Å². The topological polar surface area (TPSA) is 57.8 Å². The lowest BCUT2D eigenvalue weighted by atomic mass is 10.2. The average molecular weight is 209 g/mol. The average Bonchev–Trinajstić information content (AvgIpc) is 2.23. The Morgan fingerprint density at radius 2 is 2.27 bits per heavy atom. The number of hydrogen-bond donors (Lipinski definition) is 2. The van der Waals surface area contributed by atoms with Crippen molar-refractivity contribution in [3.8, 4) is 0 Å². The number of nitrogens with zero attached hydrogens (tertiary/aromatic N) is 1. The van der Waals surface area contributed by atoms with E-state index in [2.05, 4.69) is 22.2 Å². The maximum Gasteiger partial charge on any atom is 0.251 e. The molecule has 0 radical (unpaired) electrons. The molecule has 0 saturated carbocycles. The number of aromatic amines is 1. The molecular formula is C11H19N3O. The summed E-state index contributed by atoms with van der Waals surface area (Å²) >= 11 is 0. The van der Waals surface area contributed by atoms with Gasteiger partial charge in [0.1, 0.15) is 5.82 Å². The van der Waals surface area contributed by atoms with Gasteiger partial charge >= 0.3 is 0 Å². The van der Waals surface area contributed by atoms with E-state index in [1.165, 1.54) is 0 Å². The van der Waals surface area contributed by atoms with Crippen LogP contribution in [0, 0.1) is 0 Å². The summed E-state index contributed by atoms with van der Waals surface area (Å²) in [5, 5.41) is 3.16. The Balaban J connectivity index is 2.71. The van der Waals surface area contributed by atoms with Crippen LogP contribution >= 0.6 is 0 Å². The second-order valence-electron chi connectivity index (χ2n) is 3.57. The monoisotopic (exact) mass is 209 g/mol. The maximum atomic E-state index is 11.3. The van der Waals surface area contributed by atoms with Gasteiger partial charge in [0.05, 0.1) is 5.69 Å². The fourth-order valence-electron chi connectivity index (χ4n) is 1.37. The van der Waals surface area contributed by atoms with Gasteiger partial charge in [-0.1, -0.05) is 20.3 Å². The first-order chi connectivity index (χ1) is 7.26. The second kappa shape index (κ2) is 6.35. The molecule has 0 amide bonds. The maximum absolute atomic E-state index is 11.3. The molecule has 1 heterocycles.